The largest absolute Gasteiger partial charge is 0.352 e. The molecule has 8 heteroatoms. The van der Waals surface area contributed by atoms with Gasteiger partial charge in [-0.15, -0.1) is 10.2 Å². The van der Waals surface area contributed by atoms with E-state index in [2.05, 4.69) is 22.4 Å². The van der Waals surface area contributed by atoms with Crippen molar-refractivity contribution < 1.29 is 13.2 Å². The Labute approximate surface area is 136 Å². The molecule has 0 bridgehead atoms. The summed E-state index contributed by atoms with van der Waals surface area (Å²) in [4.78, 5) is 12.2. The van der Waals surface area contributed by atoms with Crippen molar-refractivity contribution >= 4 is 15.7 Å². The van der Waals surface area contributed by atoms with Crippen LogP contribution in [0.15, 0.2) is 5.16 Å². The minimum Gasteiger partial charge on any atom is -0.352 e. The lowest BCUT2D eigenvalue weighted by Gasteiger charge is -2.29. The van der Waals surface area contributed by atoms with Crippen LogP contribution in [0.5, 0.6) is 0 Å². The maximum absolute atomic E-state index is 12.5. The lowest BCUT2D eigenvalue weighted by atomic mass is 9.86. The van der Waals surface area contributed by atoms with E-state index in [0.717, 1.165) is 32.1 Å². The summed E-state index contributed by atoms with van der Waals surface area (Å²) >= 11 is 0. The van der Waals surface area contributed by atoms with E-state index >= 15 is 0 Å². The topological polar surface area (TPSA) is 93.9 Å². The van der Waals surface area contributed by atoms with Crippen LogP contribution in [0.2, 0.25) is 0 Å². The molecule has 1 aromatic rings. The number of hydrogen-bond donors (Lipinski definition) is 1. The molecule has 3 rings (SSSR count). The van der Waals surface area contributed by atoms with Gasteiger partial charge in [0.2, 0.25) is 20.9 Å². The van der Waals surface area contributed by atoms with E-state index in [-0.39, 0.29) is 11.2 Å². The molecule has 1 N–H and O–H groups in total. The molecule has 2 atom stereocenters. The number of carbonyl (C=O) groups excluding carboxylic acids is 1. The highest BCUT2D eigenvalue weighted by molar-refractivity contribution is 7.91. The zero-order valence-electron chi connectivity index (χ0n) is 13.7. The summed E-state index contributed by atoms with van der Waals surface area (Å²) in [7, 11) is -2.11. The van der Waals surface area contributed by atoms with Gasteiger partial charge in [-0.2, -0.15) is 0 Å². The van der Waals surface area contributed by atoms with E-state index in [9.17, 15) is 13.2 Å². The Morgan fingerprint density at radius 3 is 2.57 bits per heavy atom. The Kier molecular flexibility index (Phi) is 4.44. The molecule has 0 spiro atoms. The molecule has 0 saturated heterocycles. The van der Waals surface area contributed by atoms with Crippen LogP contribution >= 0.6 is 0 Å². The average molecular weight is 340 g/mol. The van der Waals surface area contributed by atoms with E-state index in [1.807, 2.05) is 0 Å². The van der Waals surface area contributed by atoms with Gasteiger partial charge in [0.05, 0.1) is 0 Å². The molecule has 1 amide bonds. The van der Waals surface area contributed by atoms with Crippen LogP contribution in [-0.2, 0) is 21.7 Å². The van der Waals surface area contributed by atoms with E-state index in [4.69, 9.17) is 0 Å². The van der Waals surface area contributed by atoms with Gasteiger partial charge in [-0.25, -0.2) is 8.42 Å². The van der Waals surface area contributed by atoms with E-state index in [1.54, 1.807) is 7.05 Å². The fourth-order valence-electron chi connectivity index (χ4n) is 3.31. The van der Waals surface area contributed by atoms with Gasteiger partial charge in [0.15, 0.2) is 0 Å². The number of nitrogens with zero attached hydrogens (tertiary/aromatic N) is 3. The van der Waals surface area contributed by atoms with Gasteiger partial charge in [0.25, 0.3) is 0 Å². The number of carbonyl (C=O) groups is 1. The third-order valence-corrected chi connectivity index (χ3v) is 6.42. The Balaban J connectivity index is 1.67. The first-order chi connectivity index (χ1) is 10.9. The molecule has 2 aliphatic carbocycles. The van der Waals surface area contributed by atoms with Gasteiger partial charge in [-0.3, -0.25) is 4.79 Å². The van der Waals surface area contributed by atoms with Crippen molar-refractivity contribution in [1.82, 2.24) is 20.1 Å². The summed E-state index contributed by atoms with van der Waals surface area (Å²) in [6.07, 6.45) is 6.29. The van der Waals surface area contributed by atoms with Crippen LogP contribution in [0.3, 0.4) is 0 Å². The monoisotopic (exact) mass is 340 g/mol. The highest BCUT2D eigenvalue weighted by atomic mass is 32.2. The van der Waals surface area contributed by atoms with Crippen LogP contribution < -0.4 is 5.32 Å². The average Bonchev–Trinajstić information content (AvgIpc) is 3.23. The smallest absolute Gasteiger partial charge is 0.250 e. The van der Waals surface area contributed by atoms with Gasteiger partial charge in [0.1, 0.15) is 11.6 Å². The fraction of sp³-hybridized carbons (Fsp3) is 0.800. The number of aromatic nitrogens is 3. The number of sulfone groups is 1. The third-order valence-electron chi connectivity index (χ3n) is 4.87. The van der Waals surface area contributed by atoms with Gasteiger partial charge in [0, 0.05) is 19.0 Å². The Morgan fingerprint density at radius 1 is 1.22 bits per heavy atom. The summed E-state index contributed by atoms with van der Waals surface area (Å²) < 4.78 is 26.4. The second kappa shape index (κ2) is 6.22. The molecule has 1 aromatic heterocycles. The Bertz CT molecular complexity index is 694. The zero-order valence-corrected chi connectivity index (χ0v) is 14.5. The predicted molar refractivity (Wildman–Crippen MR) is 84.6 cm³/mol. The minimum absolute atomic E-state index is 0.0768. The standard InChI is InChI=1S/C15H24N4O3S/c1-10-5-3-4-6-12(10)16-13(20)9-23(21,22)15-18-17-14(19(15)2)11-7-8-11/h10-12H,3-9H2,1-2H3,(H,16,20). The first kappa shape index (κ1) is 16.4. The third kappa shape index (κ3) is 3.57. The zero-order chi connectivity index (χ0) is 16.6. The number of amides is 1. The molecule has 128 valence electrons. The minimum atomic E-state index is -3.77. The molecule has 7 nitrogen and oxygen atoms in total. The van der Waals surface area contributed by atoms with Crippen molar-refractivity contribution in [2.75, 3.05) is 5.75 Å². The van der Waals surface area contributed by atoms with Crippen molar-refractivity contribution in [3.05, 3.63) is 5.82 Å². The van der Waals surface area contributed by atoms with Gasteiger partial charge in [-0.05, 0) is 31.6 Å². The van der Waals surface area contributed by atoms with Crippen LogP contribution in [-0.4, -0.2) is 40.9 Å². The summed E-state index contributed by atoms with van der Waals surface area (Å²) in [6, 6.07) is 0.0768. The predicted octanol–water partition coefficient (Wildman–Crippen LogP) is 1.16. The summed E-state index contributed by atoms with van der Waals surface area (Å²) in [6.45, 7) is 2.10. The SMILES string of the molecule is CC1CCCCC1NC(=O)CS(=O)(=O)c1nnc(C2CC2)n1C. The molecule has 0 aromatic carbocycles. The number of hydrogen-bond acceptors (Lipinski definition) is 5. The maximum Gasteiger partial charge on any atom is 0.250 e. The Hall–Kier alpha value is -1.44. The van der Waals surface area contributed by atoms with Crippen molar-refractivity contribution in [2.45, 2.75) is 62.6 Å². The van der Waals surface area contributed by atoms with Gasteiger partial charge >= 0.3 is 0 Å². The molecule has 2 aliphatic rings. The molecule has 2 unspecified atom stereocenters. The molecular formula is C15H24N4O3S. The molecule has 23 heavy (non-hydrogen) atoms. The number of rotatable bonds is 5. The van der Waals surface area contributed by atoms with Crippen molar-refractivity contribution in [3.8, 4) is 0 Å². The highest BCUT2D eigenvalue weighted by Gasteiger charge is 2.33. The summed E-state index contributed by atoms with van der Waals surface area (Å²) in [5, 5.41) is 10.6. The fourth-order valence-corrected chi connectivity index (χ4v) is 4.54. The van der Waals surface area contributed by atoms with Crippen LogP contribution in [0.4, 0.5) is 0 Å². The quantitative estimate of drug-likeness (QED) is 0.868. The number of nitrogens with one attached hydrogen (secondary N) is 1. The molecule has 2 fully saturated rings. The summed E-state index contributed by atoms with van der Waals surface area (Å²) in [5.74, 6) is 0.400. The lowest BCUT2D eigenvalue weighted by Crippen LogP contribution is -2.43. The van der Waals surface area contributed by atoms with E-state index in [1.165, 1.54) is 11.0 Å². The van der Waals surface area contributed by atoms with E-state index < -0.39 is 21.5 Å². The maximum atomic E-state index is 12.5. The summed E-state index contributed by atoms with van der Waals surface area (Å²) in [5.41, 5.74) is 0. The highest BCUT2D eigenvalue weighted by Crippen LogP contribution is 2.39. The first-order valence-corrected chi connectivity index (χ1v) is 9.95. The molecular weight excluding hydrogens is 316 g/mol. The van der Waals surface area contributed by atoms with Gasteiger partial charge < -0.3 is 9.88 Å². The lowest BCUT2D eigenvalue weighted by molar-refractivity contribution is -0.119. The van der Waals surface area contributed by atoms with Crippen molar-refractivity contribution in [2.24, 2.45) is 13.0 Å². The molecule has 0 aliphatic heterocycles. The van der Waals surface area contributed by atoms with Crippen LogP contribution in [0, 0.1) is 5.92 Å². The molecule has 2 saturated carbocycles. The van der Waals surface area contributed by atoms with Crippen molar-refractivity contribution in [1.29, 1.82) is 0 Å². The van der Waals surface area contributed by atoms with Crippen LogP contribution in [0.25, 0.3) is 0 Å². The Morgan fingerprint density at radius 2 is 1.91 bits per heavy atom. The van der Waals surface area contributed by atoms with E-state index in [0.29, 0.717) is 17.7 Å². The molecule has 1 heterocycles. The first-order valence-electron chi connectivity index (χ1n) is 8.30. The van der Waals surface area contributed by atoms with Crippen LogP contribution in [0.1, 0.15) is 57.2 Å². The van der Waals surface area contributed by atoms with Gasteiger partial charge in [-0.1, -0.05) is 19.8 Å². The second-order valence-electron chi connectivity index (χ2n) is 6.87. The molecule has 0 radical (unpaired) electrons. The normalized spacial score (nSPS) is 25.3. The second-order valence-corrected chi connectivity index (χ2v) is 8.75. The van der Waals surface area contributed by atoms with Crippen molar-refractivity contribution in [3.63, 3.8) is 0 Å².